The van der Waals surface area contributed by atoms with E-state index in [-0.39, 0.29) is 30.2 Å². The first-order chi connectivity index (χ1) is 16.0. The molecule has 10 heteroatoms. The maximum Gasteiger partial charge on any atom is 0.407 e. The van der Waals surface area contributed by atoms with Crippen molar-refractivity contribution in [2.45, 2.75) is 63.6 Å². The highest BCUT2D eigenvalue weighted by atomic mass is 16.6. The Labute approximate surface area is 192 Å². The number of anilines is 3. The van der Waals surface area contributed by atoms with Gasteiger partial charge in [0.05, 0.1) is 11.2 Å². The van der Waals surface area contributed by atoms with Crippen LogP contribution in [0.25, 0.3) is 22.2 Å². The second-order valence-corrected chi connectivity index (χ2v) is 9.07. The summed E-state index contributed by atoms with van der Waals surface area (Å²) in [7, 11) is 0. The highest BCUT2D eigenvalue weighted by Gasteiger charge is 2.29. The third-order valence-corrected chi connectivity index (χ3v) is 6.69. The van der Waals surface area contributed by atoms with Crippen molar-refractivity contribution in [3.05, 3.63) is 24.3 Å². The number of nitrogens with one attached hydrogen (secondary N) is 2. The third-order valence-electron chi connectivity index (χ3n) is 6.69. The van der Waals surface area contributed by atoms with E-state index in [1.165, 1.54) is 0 Å². The van der Waals surface area contributed by atoms with Crippen molar-refractivity contribution in [3.8, 4) is 11.3 Å². The molecule has 10 nitrogen and oxygen atoms in total. The number of fused-ring (bicyclic) bond motifs is 1. The molecule has 174 valence electrons. The number of hydrogen-bond acceptors (Lipinski definition) is 8. The highest BCUT2D eigenvalue weighted by Crippen LogP contribution is 2.30. The van der Waals surface area contributed by atoms with Crippen molar-refractivity contribution in [2.75, 3.05) is 22.9 Å². The molecular weight excluding hydrogens is 420 g/mol. The number of H-pyrrole nitrogens is 1. The number of benzene rings is 1. The van der Waals surface area contributed by atoms with Gasteiger partial charge in [-0.3, -0.25) is 5.10 Å². The van der Waals surface area contributed by atoms with E-state index in [4.69, 9.17) is 16.2 Å². The largest absolute Gasteiger partial charge is 0.446 e. The predicted molar refractivity (Wildman–Crippen MR) is 128 cm³/mol. The van der Waals surface area contributed by atoms with Gasteiger partial charge in [0, 0.05) is 35.6 Å². The van der Waals surface area contributed by atoms with Gasteiger partial charge in [-0.05, 0) is 57.6 Å². The number of rotatable bonds is 4. The second-order valence-electron chi connectivity index (χ2n) is 9.07. The van der Waals surface area contributed by atoms with Crippen LogP contribution in [0.2, 0.25) is 0 Å². The monoisotopic (exact) mass is 450 g/mol. The van der Waals surface area contributed by atoms with Crippen LogP contribution in [-0.2, 0) is 4.74 Å². The van der Waals surface area contributed by atoms with Gasteiger partial charge in [0.15, 0.2) is 5.82 Å². The average molecular weight is 451 g/mol. The van der Waals surface area contributed by atoms with Crippen molar-refractivity contribution >= 4 is 34.6 Å². The van der Waals surface area contributed by atoms with Gasteiger partial charge in [-0.15, -0.1) is 0 Å². The Morgan fingerprint density at radius 1 is 1.15 bits per heavy atom. The summed E-state index contributed by atoms with van der Waals surface area (Å²) in [6.07, 6.45) is 5.72. The van der Waals surface area contributed by atoms with E-state index >= 15 is 0 Å². The molecule has 6 N–H and O–H groups in total. The summed E-state index contributed by atoms with van der Waals surface area (Å²) in [4.78, 5) is 23.5. The molecule has 5 rings (SSSR count). The van der Waals surface area contributed by atoms with Gasteiger partial charge in [0.2, 0.25) is 5.95 Å². The lowest BCUT2D eigenvalue weighted by Gasteiger charge is -2.39. The Morgan fingerprint density at radius 2 is 1.97 bits per heavy atom. The van der Waals surface area contributed by atoms with Crippen LogP contribution < -0.4 is 21.7 Å². The van der Waals surface area contributed by atoms with Gasteiger partial charge >= 0.3 is 6.09 Å². The Morgan fingerprint density at radius 3 is 2.79 bits per heavy atom. The fraction of sp³-hybridized carbons (Fsp3) is 0.478. The molecule has 1 aliphatic carbocycles. The summed E-state index contributed by atoms with van der Waals surface area (Å²) in [6.45, 7) is 2.79. The van der Waals surface area contributed by atoms with Crippen LogP contribution in [0.15, 0.2) is 24.3 Å². The van der Waals surface area contributed by atoms with E-state index in [0.29, 0.717) is 12.4 Å². The lowest BCUT2D eigenvalue weighted by Crippen LogP contribution is -2.51. The number of aromatic nitrogens is 4. The zero-order valence-electron chi connectivity index (χ0n) is 18.8. The zero-order valence-corrected chi connectivity index (χ0v) is 18.8. The summed E-state index contributed by atoms with van der Waals surface area (Å²) in [5.41, 5.74) is 14.4. The minimum Gasteiger partial charge on any atom is -0.446 e. The maximum atomic E-state index is 12.4. The molecule has 2 fully saturated rings. The first kappa shape index (κ1) is 21.3. The molecule has 2 atom stereocenters. The van der Waals surface area contributed by atoms with Crippen LogP contribution in [0, 0.1) is 0 Å². The fourth-order valence-corrected chi connectivity index (χ4v) is 4.85. The molecule has 3 aromatic rings. The van der Waals surface area contributed by atoms with Crippen molar-refractivity contribution in [1.82, 2.24) is 25.5 Å². The number of ether oxygens (including phenoxy) is 1. The maximum absolute atomic E-state index is 12.4. The van der Waals surface area contributed by atoms with Crippen LogP contribution in [0.5, 0.6) is 0 Å². The quantitative estimate of drug-likeness (QED) is 0.473. The normalized spacial score (nSPS) is 21.4. The SMILES string of the molecule is CC1CCC(NC(=O)OC2CCCC2)CN1c1cc(-c2ccc3c(N)n[nH]c3c2)nc(N)n1. The van der Waals surface area contributed by atoms with E-state index < -0.39 is 0 Å². The van der Waals surface area contributed by atoms with Gasteiger partial charge in [0.1, 0.15) is 11.9 Å². The Bertz CT molecular complexity index is 1160. The van der Waals surface area contributed by atoms with E-state index in [2.05, 4.69) is 37.3 Å². The molecule has 1 saturated heterocycles. The Balaban J connectivity index is 1.34. The van der Waals surface area contributed by atoms with Crippen molar-refractivity contribution in [2.24, 2.45) is 0 Å². The number of carbonyl (C=O) groups excluding carboxylic acids is 1. The molecule has 2 unspecified atom stereocenters. The molecule has 1 aliphatic heterocycles. The number of carbonyl (C=O) groups is 1. The molecule has 33 heavy (non-hydrogen) atoms. The van der Waals surface area contributed by atoms with Gasteiger partial charge < -0.3 is 26.4 Å². The van der Waals surface area contributed by atoms with Crippen LogP contribution in [0.3, 0.4) is 0 Å². The molecule has 0 spiro atoms. The molecule has 1 saturated carbocycles. The molecule has 1 amide bonds. The van der Waals surface area contributed by atoms with E-state index in [1.807, 2.05) is 24.3 Å². The molecule has 2 aromatic heterocycles. The second kappa shape index (κ2) is 8.76. The molecule has 3 heterocycles. The van der Waals surface area contributed by atoms with Crippen molar-refractivity contribution in [3.63, 3.8) is 0 Å². The summed E-state index contributed by atoms with van der Waals surface area (Å²) >= 11 is 0. The number of amides is 1. The first-order valence-corrected chi connectivity index (χ1v) is 11.6. The van der Waals surface area contributed by atoms with Crippen LogP contribution >= 0.6 is 0 Å². The highest BCUT2D eigenvalue weighted by molar-refractivity contribution is 5.91. The standard InChI is InChI=1S/C23H30N8O2/c1-13-6-8-15(26-23(32)33-16-4-2-3-5-16)12-31(13)20-11-18(27-22(25)28-20)14-7-9-17-19(10-14)29-30-21(17)24/h7,9-11,13,15-16H,2-6,8,12H2,1H3,(H,26,32)(H3,24,29,30)(H2,25,27,28). The van der Waals surface area contributed by atoms with E-state index in [9.17, 15) is 4.79 Å². The number of piperidine rings is 1. The smallest absolute Gasteiger partial charge is 0.407 e. The minimum atomic E-state index is -0.323. The number of nitrogen functional groups attached to an aromatic ring is 2. The number of alkyl carbamates (subject to hydrolysis) is 1. The van der Waals surface area contributed by atoms with Gasteiger partial charge in [-0.25, -0.2) is 9.78 Å². The lowest BCUT2D eigenvalue weighted by molar-refractivity contribution is 0.0967. The molecule has 0 radical (unpaired) electrons. The number of nitrogens with zero attached hydrogens (tertiary/aromatic N) is 4. The average Bonchev–Trinajstić information content (AvgIpc) is 3.44. The van der Waals surface area contributed by atoms with Gasteiger partial charge in [-0.1, -0.05) is 6.07 Å². The van der Waals surface area contributed by atoms with Gasteiger partial charge in [-0.2, -0.15) is 10.1 Å². The summed E-state index contributed by atoms with van der Waals surface area (Å²) in [6, 6.07) is 7.99. The molecule has 2 aliphatic rings. The van der Waals surface area contributed by atoms with Crippen LogP contribution in [0.4, 0.5) is 22.4 Å². The third kappa shape index (κ3) is 4.50. The van der Waals surface area contributed by atoms with Crippen molar-refractivity contribution < 1.29 is 9.53 Å². The van der Waals surface area contributed by atoms with Gasteiger partial charge in [0.25, 0.3) is 0 Å². The predicted octanol–water partition coefficient (Wildman–Crippen LogP) is 3.21. The first-order valence-electron chi connectivity index (χ1n) is 11.6. The minimum absolute atomic E-state index is 0.0148. The molecule has 1 aromatic carbocycles. The summed E-state index contributed by atoms with van der Waals surface area (Å²) < 4.78 is 5.58. The lowest BCUT2D eigenvalue weighted by atomic mass is 9.99. The van der Waals surface area contributed by atoms with Crippen LogP contribution in [0.1, 0.15) is 45.4 Å². The summed E-state index contributed by atoms with van der Waals surface area (Å²) in [5.74, 6) is 1.41. The Kier molecular flexibility index (Phi) is 5.65. The van der Waals surface area contributed by atoms with Crippen LogP contribution in [-0.4, -0.2) is 51.0 Å². The van der Waals surface area contributed by atoms with E-state index in [0.717, 1.165) is 66.5 Å². The number of aromatic amines is 1. The fourth-order valence-electron chi connectivity index (χ4n) is 4.85. The van der Waals surface area contributed by atoms with E-state index in [1.54, 1.807) is 0 Å². The van der Waals surface area contributed by atoms with Crippen molar-refractivity contribution in [1.29, 1.82) is 0 Å². The molecule has 0 bridgehead atoms. The topological polar surface area (TPSA) is 148 Å². The number of nitrogens with two attached hydrogens (primary N) is 2. The number of hydrogen-bond donors (Lipinski definition) is 4. The summed E-state index contributed by atoms with van der Waals surface area (Å²) in [5, 5.41) is 10.9. The molecular formula is C23H30N8O2. The zero-order chi connectivity index (χ0) is 22.9. The Hall–Kier alpha value is -3.56.